The third-order valence-corrected chi connectivity index (χ3v) is 15.2. The number of carbonyl (C=O) groups is 1. The molecule has 27 nitrogen and oxygen atoms in total. The summed E-state index contributed by atoms with van der Waals surface area (Å²) in [7, 11) is -9.70. The highest BCUT2D eigenvalue weighted by molar-refractivity contribution is 7.70. The van der Waals surface area contributed by atoms with Crippen molar-refractivity contribution in [3.05, 3.63) is 88.3 Å². The lowest BCUT2D eigenvalue weighted by atomic mass is 10.0. The minimum absolute atomic E-state index is 0.0670. The lowest BCUT2D eigenvalue weighted by molar-refractivity contribution is -0.136. The summed E-state index contributed by atoms with van der Waals surface area (Å²) in [5.74, 6) is -6.72. The topological polar surface area (TPSA) is 331 Å². The van der Waals surface area contributed by atoms with Gasteiger partial charge in [-0.05, 0) is 29.1 Å². The third-order valence-electron chi connectivity index (χ3n) is 11.6. The van der Waals surface area contributed by atoms with Crippen LogP contribution in [0.3, 0.4) is 0 Å². The number of ether oxygens (including phenoxy) is 10. The Kier molecular flexibility index (Phi) is 27.2. The number of esters is 1. The number of hydrogen-bond acceptors (Lipinski definition) is 22. The maximum Gasteiger partial charge on any atom is 0.340 e. The lowest BCUT2D eigenvalue weighted by Crippen LogP contribution is -2.33. The number of anilines is 1. The Morgan fingerprint density at radius 1 is 0.778 bits per heavy atom. The van der Waals surface area contributed by atoms with E-state index >= 15 is 0 Å². The van der Waals surface area contributed by atoms with E-state index in [1.165, 1.54) is 10.9 Å². The van der Waals surface area contributed by atoms with Gasteiger partial charge in [0.15, 0.2) is 29.4 Å². The third kappa shape index (κ3) is 22.1. The molecule has 0 bridgehead atoms. The van der Waals surface area contributed by atoms with Crippen LogP contribution in [-0.4, -0.2) is 202 Å². The number of hydrogen-bond donors (Lipinski definition) is 5. The molecule has 0 saturated carbocycles. The Morgan fingerprint density at radius 2 is 1.36 bits per heavy atom. The van der Waals surface area contributed by atoms with E-state index in [4.69, 9.17) is 68.5 Å². The number of aryl methyl sites for hydroxylation is 1. The van der Waals surface area contributed by atoms with Crippen LogP contribution in [0.2, 0.25) is 5.28 Å². The van der Waals surface area contributed by atoms with Crippen molar-refractivity contribution in [2.45, 2.75) is 64.0 Å². The van der Waals surface area contributed by atoms with Crippen molar-refractivity contribution in [3.63, 3.8) is 0 Å². The van der Waals surface area contributed by atoms with Gasteiger partial charge in [0, 0.05) is 25.2 Å². The second kappa shape index (κ2) is 33.6. The second-order valence-corrected chi connectivity index (χ2v) is 22.0. The van der Waals surface area contributed by atoms with Gasteiger partial charge in [0.2, 0.25) is 11.0 Å². The van der Waals surface area contributed by atoms with Crippen LogP contribution in [0.15, 0.2) is 48.8 Å². The lowest BCUT2D eigenvalue weighted by Gasteiger charge is -2.26. The van der Waals surface area contributed by atoms with Crippen molar-refractivity contribution >= 4 is 49.6 Å². The molecule has 5 N–H and O–H groups in total. The molecule has 450 valence electrons. The number of carbonyl (C=O) groups excluding carboxylic acids is 1. The first-order chi connectivity index (χ1) is 38.9. The zero-order valence-electron chi connectivity index (χ0n) is 44.1. The highest BCUT2D eigenvalue weighted by Crippen LogP contribution is 2.55. The quantitative estimate of drug-likeness (QED) is 0.0123. The van der Waals surface area contributed by atoms with Crippen LogP contribution in [0.25, 0.3) is 11.0 Å². The van der Waals surface area contributed by atoms with Crippen molar-refractivity contribution < 1.29 is 104 Å². The van der Waals surface area contributed by atoms with E-state index in [0.717, 1.165) is 17.5 Å². The van der Waals surface area contributed by atoms with E-state index in [1.807, 2.05) is 36.1 Å². The van der Waals surface area contributed by atoms with Gasteiger partial charge in [0.25, 0.3) is 0 Å². The first kappa shape index (κ1) is 65.5. The van der Waals surface area contributed by atoms with E-state index in [2.05, 4.69) is 30.1 Å². The zero-order chi connectivity index (χ0) is 58.2. The first-order valence-corrected chi connectivity index (χ1v) is 29.5. The summed E-state index contributed by atoms with van der Waals surface area (Å²) in [6.45, 7) is 6.90. The number of benzene rings is 2. The molecule has 1 saturated heterocycles. The van der Waals surface area contributed by atoms with E-state index in [0.29, 0.717) is 115 Å². The van der Waals surface area contributed by atoms with Gasteiger partial charge in [-0.3, -0.25) is 13.9 Å². The van der Waals surface area contributed by atoms with Gasteiger partial charge < -0.3 is 81.7 Å². The number of aliphatic hydroxyl groups is 2. The summed E-state index contributed by atoms with van der Waals surface area (Å²) in [5, 5.41) is 34.6. The molecule has 0 radical (unpaired) electrons. The highest BCUT2D eigenvalue weighted by Gasteiger charge is 2.46. The molecule has 2 aromatic carbocycles. The van der Waals surface area contributed by atoms with Crippen molar-refractivity contribution in [2.24, 2.45) is 0 Å². The molecule has 1 aliphatic rings. The molecule has 33 heteroatoms. The average molecular weight is 1210 g/mol. The van der Waals surface area contributed by atoms with Gasteiger partial charge in [-0.25, -0.2) is 22.5 Å². The van der Waals surface area contributed by atoms with Crippen molar-refractivity contribution in [1.82, 2.24) is 34.7 Å². The Labute approximate surface area is 468 Å². The molecular weight excluding hydrogens is 1150 g/mol. The second-order valence-electron chi connectivity index (χ2n) is 17.7. The molecular formula is C48H66ClF3N8O19P2. The van der Waals surface area contributed by atoms with E-state index in [1.54, 1.807) is 10.9 Å². The number of nitrogens with zero attached hydrogens (tertiary/aromatic N) is 8. The Hall–Kier alpha value is -4.66. The normalized spacial score (nSPS) is 17.3. The molecule has 4 heterocycles. The molecule has 0 aliphatic carbocycles. The summed E-state index contributed by atoms with van der Waals surface area (Å²) in [5.41, 5.74) is 2.91. The smallest absolute Gasteiger partial charge is 0.340 e. The maximum atomic E-state index is 13.6. The van der Waals surface area contributed by atoms with E-state index in [-0.39, 0.29) is 57.0 Å². The number of aliphatic hydroxyl groups excluding tert-OH is 2. The zero-order valence-corrected chi connectivity index (χ0v) is 46.7. The Bertz CT molecular complexity index is 2800. The van der Waals surface area contributed by atoms with Crippen molar-refractivity contribution in [1.29, 1.82) is 0 Å². The van der Waals surface area contributed by atoms with Crippen LogP contribution in [-0.2, 0) is 87.2 Å². The monoisotopic (exact) mass is 1210 g/mol. The SMILES string of the molecule is CCc1ccccc1CN(CCOCCOCCOCCOCc1cn(CCOCCOCCOCCOCCC(=O)Oc2c(F)cc(F)cc2F)nn1)c1nc(Cl)nc2c1cnn2[C@@H]1O[C@H](COP(=O)(O)CP(=O)(O)O)[C@@H](O)[C@H]1O. The maximum absolute atomic E-state index is 13.6. The van der Waals surface area contributed by atoms with Crippen molar-refractivity contribution in [2.75, 3.05) is 123 Å². The predicted octanol–water partition coefficient (Wildman–Crippen LogP) is 3.34. The fourth-order valence-corrected chi connectivity index (χ4v) is 10.5. The Morgan fingerprint density at radius 3 is 1.98 bits per heavy atom. The minimum Gasteiger partial charge on any atom is -0.420 e. The predicted molar refractivity (Wildman–Crippen MR) is 278 cm³/mol. The fraction of sp³-hybridized carbons (Fsp3) is 0.583. The molecule has 5 aromatic rings. The molecule has 0 amide bonds. The Balaban J connectivity index is 0.794. The van der Waals surface area contributed by atoms with E-state index in [9.17, 15) is 42.2 Å². The van der Waals surface area contributed by atoms with Gasteiger partial charge in [0.1, 0.15) is 35.6 Å². The standard InChI is InChI=1S/C48H66ClF3N8O19P2/c1-2-33-5-3-4-6-34(33)28-58(45-37-27-53-60(46(37)55-48(49)54-45)47-43(63)42(62)40(78-47)31-77-81(67,68)32-80(64,65)66)8-11-70-14-17-73-21-22-75-23-24-76-30-36-29-59(57-56-36)9-12-71-15-18-74-20-19-72-16-13-69-10-7-41(61)79-44-38(51)25-35(50)26-39(44)52/h3-6,25-27,29,40,42-43,47,62-63H,2,7-24,28,30-32H2,1H3,(H,67,68)(H2,64,65,66)/t40-,42-,43-,47-/m1/s1. The number of fused-ring (bicyclic) bond motifs is 1. The number of aromatic nitrogens is 7. The van der Waals surface area contributed by atoms with Gasteiger partial charge in [-0.1, -0.05) is 36.4 Å². The molecule has 0 spiro atoms. The van der Waals surface area contributed by atoms with Crippen LogP contribution in [0.4, 0.5) is 19.0 Å². The van der Waals surface area contributed by atoms with Gasteiger partial charge >= 0.3 is 21.2 Å². The number of rotatable bonds is 40. The summed E-state index contributed by atoms with van der Waals surface area (Å²) in [4.78, 5) is 50.8. The van der Waals surface area contributed by atoms with Gasteiger partial charge in [-0.15, -0.1) is 5.10 Å². The fourth-order valence-electron chi connectivity index (χ4n) is 7.76. The summed E-state index contributed by atoms with van der Waals surface area (Å²) >= 11 is 6.50. The largest absolute Gasteiger partial charge is 0.420 e. The summed E-state index contributed by atoms with van der Waals surface area (Å²) in [6.07, 6.45) is -2.34. The molecule has 1 aliphatic heterocycles. The van der Waals surface area contributed by atoms with Crippen LogP contribution >= 0.6 is 26.8 Å². The summed E-state index contributed by atoms with van der Waals surface area (Å²) in [6, 6.07) is 8.75. The minimum atomic E-state index is -4.92. The molecule has 5 atom stereocenters. The van der Waals surface area contributed by atoms with Crippen LogP contribution in [0.5, 0.6) is 5.75 Å². The number of halogens is 4. The van der Waals surface area contributed by atoms with Crippen LogP contribution in [0.1, 0.15) is 36.4 Å². The van der Waals surface area contributed by atoms with Crippen LogP contribution < -0.4 is 9.64 Å². The van der Waals surface area contributed by atoms with Gasteiger partial charge in [-0.2, -0.15) is 15.1 Å². The molecule has 81 heavy (non-hydrogen) atoms. The first-order valence-electron chi connectivity index (χ1n) is 25.5. The molecule has 3 aromatic heterocycles. The van der Waals surface area contributed by atoms with Gasteiger partial charge in [0.05, 0.1) is 143 Å². The highest BCUT2D eigenvalue weighted by atomic mass is 35.5. The summed E-state index contributed by atoms with van der Waals surface area (Å²) < 4.78 is 126. The molecule has 6 rings (SSSR count). The van der Waals surface area contributed by atoms with E-state index < -0.39 is 81.4 Å². The molecule has 1 unspecified atom stereocenters. The van der Waals surface area contributed by atoms with Crippen LogP contribution in [0, 0.1) is 17.5 Å². The molecule has 1 fully saturated rings. The average Bonchev–Trinajstić information content (AvgIpc) is 4.15. The van der Waals surface area contributed by atoms with Crippen molar-refractivity contribution in [3.8, 4) is 5.75 Å².